The van der Waals surface area contributed by atoms with Crippen molar-refractivity contribution in [3.63, 3.8) is 0 Å². The van der Waals surface area contributed by atoms with Gasteiger partial charge in [0, 0.05) is 5.75 Å². The third-order valence-corrected chi connectivity index (χ3v) is 1.81. The Morgan fingerprint density at radius 2 is 2.30 bits per heavy atom. The van der Waals surface area contributed by atoms with Gasteiger partial charge in [0.15, 0.2) is 0 Å². The van der Waals surface area contributed by atoms with Crippen molar-refractivity contribution in [2.45, 2.75) is 20.0 Å². The number of rotatable bonds is 3. The number of aliphatic hydroxyl groups is 1. The molecule has 0 bridgehead atoms. The standard InChI is InChI=1S/C6H12O2S2/c1-5(2)8-6(9)10-4-3-7/h5,7H,3-4H2,1-2H3. The molecule has 0 aliphatic rings. The Morgan fingerprint density at radius 3 is 2.70 bits per heavy atom. The topological polar surface area (TPSA) is 29.5 Å². The first kappa shape index (κ1) is 10.2. The van der Waals surface area contributed by atoms with Gasteiger partial charge in [0.05, 0.1) is 12.7 Å². The molecule has 0 radical (unpaired) electrons. The lowest BCUT2D eigenvalue weighted by atomic mass is 10.5. The first-order valence-corrected chi connectivity index (χ1v) is 4.50. The van der Waals surface area contributed by atoms with Gasteiger partial charge in [0.1, 0.15) is 0 Å². The first-order valence-electron chi connectivity index (χ1n) is 3.11. The van der Waals surface area contributed by atoms with Crippen LogP contribution in [0, 0.1) is 0 Å². The number of hydrogen-bond acceptors (Lipinski definition) is 4. The molecule has 0 aromatic carbocycles. The van der Waals surface area contributed by atoms with Gasteiger partial charge in [-0.1, -0.05) is 11.8 Å². The summed E-state index contributed by atoms with van der Waals surface area (Å²) in [5.41, 5.74) is 0. The van der Waals surface area contributed by atoms with Gasteiger partial charge in [0.25, 0.3) is 0 Å². The summed E-state index contributed by atoms with van der Waals surface area (Å²) < 4.78 is 5.65. The first-order chi connectivity index (χ1) is 4.66. The van der Waals surface area contributed by atoms with Gasteiger partial charge in [-0.2, -0.15) is 0 Å². The second-order valence-electron chi connectivity index (χ2n) is 1.99. The number of thiocarbonyl (C=S) groups is 1. The van der Waals surface area contributed by atoms with Crippen molar-refractivity contribution >= 4 is 28.4 Å². The highest BCUT2D eigenvalue weighted by Gasteiger charge is 1.99. The highest BCUT2D eigenvalue weighted by molar-refractivity contribution is 8.22. The van der Waals surface area contributed by atoms with E-state index in [-0.39, 0.29) is 12.7 Å². The molecular formula is C6H12O2S2. The Morgan fingerprint density at radius 1 is 1.70 bits per heavy atom. The molecule has 0 aliphatic carbocycles. The van der Waals surface area contributed by atoms with Crippen LogP contribution < -0.4 is 0 Å². The summed E-state index contributed by atoms with van der Waals surface area (Å²) in [4.78, 5) is 0. The van der Waals surface area contributed by atoms with Crippen LogP contribution in [0.4, 0.5) is 0 Å². The number of aliphatic hydroxyl groups excluding tert-OH is 1. The molecule has 0 unspecified atom stereocenters. The van der Waals surface area contributed by atoms with Crippen LogP contribution in [-0.2, 0) is 4.74 Å². The van der Waals surface area contributed by atoms with Crippen molar-refractivity contribution in [3.05, 3.63) is 0 Å². The third kappa shape index (κ3) is 6.32. The average Bonchev–Trinajstić information content (AvgIpc) is 1.82. The van der Waals surface area contributed by atoms with Crippen LogP contribution in [0.1, 0.15) is 13.8 Å². The van der Waals surface area contributed by atoms with Crippen LogP contribution in [0.25, 0.3) is 0 Å². The highest BCUT2D eigenvalue weighted by Crippen LogP contribution is 2.06. The Kier molecular flexibility index (Phi) is 6.06. The normalized spacial score (nSPS) is 10.0. The minimum Gasteiger partial charge on any atom is -0.476 e. The molecule has 0 saturated heterocycles. The van der Waals surface area contributed by atoms with Gasteiger partial charge in [-0.3, -0.25) is 0 Å². The van der Waals surface area contributed by atoms with E-state index in [1.807, 2.05) is 13.8 Å². The second-order valence-corrected chi connectivity index (χ2v) is 3.69. The predicted molar refractivity (Wildman–Crippen MR) is 48.4 cm³/mol. The molecule has 2 nitrogen and oxygen atoms in total. The van der Waals surface area contributed by atoms with E-state index in [4.69, 9.17) is 22.1 Å². The van der Waals surface area contributed by atoms with Crippen molar-refractivity contribution in [3.8, 4) is 0 Å². The molecule has 60 valence electrons. The van der Waals surface area contributed by atoms with Gasteiger partial charge < -0.3 is 9.84 Å². The van der Waals surface area contributed by atoms with Gasteiger partial charge in [-0.25, -0.2) is 0 Å². The highest BCUT2D eigenvalue weighted by atomic mass is 32.2. The monoisotopic (exact) mass is 180 g/mol. The molecule has 0 atom stereocenters. The molecule has 0 rings (SSSR count). The van der Waals surface area contributed by atoms with E-state index in [1.54, 1.807) is 0 Å². The lowest BCUT2D eigenvalue weighted by Crippen LogP contribution is -2.07. The molecule has 0 amide bonds. The van der Waals surface area contributed by atoms with E-state index < -0.39 is 0 Å². The average molecular weight is 180 g/mol. The summed E-state index contributed by atoms with van der Waals surface area (Å²) in [7, 11) is 0. The van der Waals surface area contributed by atoms with Crippen molar-refractivity contribution in [1.82, 2.24) is 0 Å². The molecule has 0 fully saturated rings. The molecule has 0 aliphatic heterocycles. The predicted octanol–water partition coefficient (Wildman–Crippen LogP) is 1.42. The summed E-state index contributed by atoms with van der Waals surface area (Å²) in [5.74, 6) is 0.617. The van der Waals surface area contributed by atoms with E-state index >= 15 is 0 Å². The molecule has 0 spiro atoms. The summed E-state index contributed by atoms with van der Waals surface area (Å²) in [6, 6.07) is 0. The summed E-state index contributed by atoms with van der Waals surface area (Å²) in [5, 5.41) is 8.41. The molecule has 0 aromatic rings. The zero-order chi connectivity index (χ0) is 7.98. The largest absolute Gasteiger partial charge is 0.476 e. The molecule has 4 heteroatoms. The molecule has 10 heavy (non-hydrogen) atoms. The maximum absolute atomic E-state index is 8.41. The van der Waals surface area contributed by atoms with Crippen molar-refractivity contribution in [2.24, 2.45) is 0 Å². The molecule has 1 N–H and O–H groups in total. The van der Waals surface area contributed by atoms with Gasteiger partial charge in [-0.05, 0) is 26.1 Å². The lowest BCUT2D eigenvalue weighted by Gasteiger charge is -2.08. The van der Waals surface area contributed by atoms with Crippen LogP contribution in [0.2, 0.25) is 0 Å². The SMILES string of the molecule is CC(C)OC(=S)SCCO. The quantitative estimate of drug-likeness (QED) is 0.665. The third-order valence-electron chi connectivity index (χ3n) is 0.643. The second kappa shape index (κ2) is 5.95. The van der Waals surface area contributed by atoms with Gasteiger partial charge in [0.2, 0.25) is 4.38 Å². The smallest absolute Gasteiger partial charge is 0.220 e. The summed E-state index contributed by atoms with van der Waals surface area (Å²) in [6.07, 6.45) is 0.138. The Labute approximate surface area is 71.0 Å². The van der Waals surface area contributed by atoms with Crippen molar-refractivity contribution in [1.29, 1.82) is 0 Å². The van der Waals surface area contributed by atoms with E-state index in [0.29, 0.717) is 10.1 Å². The van der Waals surface area contributed by atoms with Crippen LogP contribution in [0.15, 0.2) is 0 Å². The fraction of sp³-hybridized carbons (Fsp3) is 0.833. The minimum atomic E-state index is 0.138. The molecular weight excluding hydrogens is 168 g/mol. The van der Waals surface area contributed by atoms with E-state index in [1.165, 1.54) is 11.8 Å². The van der Waals surface area contributed by atoms with Gasteiger partial charge in [-0.15, -0.1) is 0 Å². The van der Waals surface area contributed by atoms with E-state index in [9.17, 15) is 0 Å². The maximum atomic E-state index is 8.41. The fourth-order valence-corrected chi connectivity index (χ4v) is 1.32. The number of thioether (sulfide) groups is 1. The summed E-state index contributed by atoms with van der Waals surface area (Å²) >= 11 is 6.19. The Hall–Kier alpha value is 0.200. The maximum Gasteiger partial charge on any atom is 0.220 e. The van der Waals surface area contributed by atoms with Crippen LogP contribution >= 0.6 is 24.0 Å². The van der Waals surface area contributed by atoms with Gasteiger partial charge >= 0.3 is 0 Å². The Bertz CT molecular complexity index is 104. The lowest BCUT2D eigenvalue weighted by molar-refractivity contribution is 0.243. The molecule has 0 saturated carbocycles. The molecule has 0 heterocycles. The van der Waals surface area contributed by atoms with Crippen molar-refractivity contribution < 1.29 is 9.84 Å². The van der Waals surface area contributed by atoms with Crippen LogP contribution in [0.5, 0.6) is 0 Å². The van der Waals surface area contributed by atoms with E-state index in [2.05, 4.69) is 0 Å². The fourth-order valence-electron chi connectivity index (χ4n) is 0.355. The minimum absolute atomic E-state index is 0.138. The molecule has 0 aromatic heterocycles. The zero-order valence-corrected chi connectivity index (χ0v) is 7.80. The number of ether oxygens (including phenoxy) is 1. The summed E-state index contributed by atoms with van der Waals surface area (Å²) in [6.45, 7) is 3.99. The Balaban J connectivity index is 3.26. The van der Waals surface area contributed by atoms with E-state index in [0.717, 1.165) is 0 Å². The van der Waals surface area contributed by atoms with Crippen LogP contribution in [0.3, 0.4) is 0 Å². The van der Waals surface area contributed by atoms with Crippen LogP contribution in [-0.4, -0.2) is 28.0 Å². The zero-order valence-electron chi connectivity index (χ0n) is 6.16. The number of hydrogen-bond donors (Lipinski definition) is 1. The van der Waals surface area contributed by atoms with Crippen molar-refractivity contribution in [2.75, 3.05) is 12.4 Å².